The van der Waals surface area contributed by atoms with Crippen molar-refractivity contribution >= 4 is 16.9 Å². The number of nitrogens with zero attached hydrogens (tertiary/aromatic N) is 2. The van der Waals surface area contributed by atoms with Crippen LogP contribution in [0.4, 0.5) is 0 Å². The highest BCUT2D eigenvalue weighted by atomic mass is 32.2. The standard InChI is InChI=1S/C12H17N3S/c1-10-5-9-16-12(15-10)14-8-4-11-2-6-13-7-3-11/h2-3,6-7,10H,4-5,8-9H2,1H3,(H,14,15). The summed E-state index contributed by atoms with van der Waals surface area (Å²) in [6, 6.07) is 4.66. The number of hydrogen-bond donors (Lipinski definition) is 1. The Morgan fingerprint density at radius 3 is 3.06 bits per heavy atom. The molecule has 0 bridgehead atoms. The zero-order chi connectivity index (χ0) is 11.2. The maximum atomic E-state index is 4.58. The molecule has 1 atom stereocenters. The maximum Gasteiger partial charge on any atom is 0.156 e. The molecule has 0 aromatic carbocycles. The number of amidine groups is 1. The predicted molar refractivity (Wildman–Crippen MR) is 69.9 cm³/mol. The third-order valence-corrected chi connectivity index (χ3v) is 3.52. The van der Waals surface area contributed by atoms with Gasteiger partial charge in [0.05, 0.1) is 0 Å². The lowest BCUT2D eigenvalue weighted by molar-refractivity contribution is 0.642. The van der Waals surface area contributed by atoms with Crippen LogP contribution in [0.15, 0.2) is 29.5 Å². The summed E-state index contributed by atoms with van der Waals surface area (Å²) in [5, 5.41) is 4.51. The van der Waals surface area contributed by atoms with Gasteiger partial charge in [-0.2, -0.15) is 0 Å². The van der Waals surface area contributed by atoms with Gasteiger partial charge in [-0.1, -0.05) is 11.8 Å². The molecule has 2 heterocycles. The van der Waals surface area contributed by atoms with Crippen molar-refractivity contribution in [3.8, 4) is 0 Å². The van der Waals surface area contributed by atoms with E-state index in [1.54, 1.807) is 0 Å². The highest BCUT2D eigenvalue weighted by molar-refractivity contribution is 8.13. The van der Waals surface area contributed by atoms with Crippen LogP contribution in [0.1, 0.15) is 18.9 Å². The summed E-state index contributed by atoms with van der Waals surface area (Å²) >= 11 is 1.83. The van der Waals surface area contributed by atoms with E-state index in [0.29, 0.717) is 6.04 Å². The van der Waals surface area contributed by atoms with Crippen LogP contribution >= 0.6 is 11.8 Å². The predicted octanol–water partition coefficient (Wildman–Crippen LogP) is 2.10. The summed E-state index contributed by atoms with van der Waals surface area (Å²) in [5.74, 6) is 1.18. The first-order valence-corrected chi connectivity index (χ1v) is 6.66. The summed E-state index contributed by atoms with van der Waals surface area (Å²) in [6.07, 6.45) is 5.88. The van der Waals surface area contributed by atoms with Crippen LogP contribution in [0.2, 0.25) is 0 Å². The Labute approximate surface area is 101 Å². The van der Waals surface area contributed by atoms with Crippen molar-refractivity contribution in [2.75, 3.05) is 12.3 Å². The number of rotatable bonds is 3. The first-order chi connectivity index (χ1) is 7.84. The van der Waals surface area contributed by atoms with Crippen LogP contribution in [0.25, 0.3) is 0 Å². The van der Waals surface area contributed by atoms with E-state index in [-0.39, 0.29) is 0 Å². The average Bonchev–Trinajstić information content (AvgIpc) is 2.30. The van der Waals surface area contributed by atoms with Gasteiger partial charge in [0.25, 0.3) is 0 Å². The molecule has 86 valence electrons. The largest absolute Gasteiger partial charge is 0.362 e. The normalized spacial score (nSPS) is 23.1. The van der Waals surface area contributed by atoms with Crippen LogP contribution in [0, 0.1) is 0 Å². The van der Waals surface area contributed by atoms with Gasteiger partial charge in [-0.15, -0.1) is 0 Å². The fraction of sp³-hybridized carbons (Fsp3) is 0.500. The average molecular weight is 235 g/mol. The molecule has 0 saturated carbocycles. The Bertz CT molecular complexity index is 351. The van der Waals surface area contributed by atoms with Crippen LogP contribution in [0.3, 0.4) is 0 Å². The summed E-state index contributed by atoms with van der Waals surface area (Å²) in [4.78, 5) is 8.58. The van der Waals surface area contributed by atoms with E-state index in [2.05, 4.69) is 22.2 Å². The third-order valence-electron chi connectivity index (χ3n) is 2.56. The maximum absolute atomic E-state index is 4.58. The second-order valence-corrected chi connectivity index (χ2v) is 5.06. The van der Waals surface area contributed by atoms with E-state index in [4.69, 9.17) is 0 Å². The smallest absolute Gasteiger partial charge is 0.156 e. The van der Waals surface area contributed by atoms with Gasteiger partial charge in [-0.3, -0.25) is 9.98 Å². The van der Waals surface area contributed by atoms with Gasteiger partial charge >= 0.3 is 0 Å². The Balaban J connectivity index is 1.80. The van der Waals surface area contributed by atoms with E-state index >= 15 is 0 Å². The Kier molecular flexibility index (Phi) is 4.22. The molecule has 1 N–H and O–H groups in total. The highest BCUT2D eigenvalue weighted by Gasteiger charge is 2.12. The molecule has 1 aromatic heterocycles. The lowest BCUT2D eigenvalue weighted by atomic mass is 10.2. The van der Waals surface area contributed by atoms with E-state index < -0.39 is 0 Å². The van der Waals surface area contributed by atoms with Crippen molar-refractivity contribution in [1.29, 1.82) is 0 Å². The molecule has 1 aliphatic rings. The van der Waals surface area contributed by atoms with Gasteiger partial charge in [0.2, 0.25) is 0 Å². The van der Waals surface area contributed by atoms with E-state index in [1.807, 2.05) is 36.3 Å². The minimum absolute atomic E-state index is 0.570. The van der Waals surface area contributed by atoms with Crippen LogP contribution in [-0.4, -0.2) is 28.5 Å². The molecule has 16 heavy (non-hydrogen) atoms. The molecule has 2 rings (SSSR count). The van der Waals surface area contributed by atoms with Gasteiger partial charge in [0.1, 0.15) is 0 Å². The summed E-state index contributed by atoms with van der Waals surface area (Å²) in [6.45, 7) is 3.06. The minimum atomic E-state index is 0.570. The van der Waals surface area contributed by atoms with Crippen LogP contribution in [-0.2, 0) is 6.42 Å². The first kappa shape index (κ1) is 11.5. The topological polar surface area (TPSA) is 37.3 Å². The number of pyridine rings is 1. The van der Waals surface area contributed by atoms with E-state index in [9.17, 15) is 0 Å². The monoisotopic (exact) mass is 235 g/mol. The Morgan fingerprint density at radius 1 is 1.50 bits per heavy atom. The van der Waals surface area contributed by atoms with Gasteiger partial charge in [-0.05, 0) is 37.5 Å². The van der Waals surface area contributed by atoms with Gasteiger partial charge in [0, 0.05) is 30.7 Å². The second kappa shape index (κ2) is 5.89. The summed E-state index contributed by atoms with van der Waals surface area (Å²) < 4.78 is 0. The van der Waals surface area contributed by atoms with Gasteiger partial charge < -0.3 is 5.32 Å². The van der Waals surface area contributed by atoms with Crippen molar-refractivity contribution in [2.45, 2.75) is 25.8 Å². The quantitative estimate of drug-likeness (QED) is 0.871. The molecule has 1 aromatic rings. The molecular weight excluding hydrogens is 218 g/mol. The lowest BCUT2D eigenvalue weighted by Crippen LogP contribution is -2.35. The number of aliphatic imine (C=N–C) groups is 1. The molecule has 1 saturated heterocycles. The van der Waals surface area contributed by atoms with Gasteiger partial charge in [-0.25, -0.2) is 0 Å². The number of aromatic nitrogens is 1. The van der Waals surface area contributed by atoms with Gasteiger partial charge in [0.15, 0.2) is 5.17 Å². The van der Waals surface area contributed by atoms with Crippen LogP contribution < -0.4 is 5.32 Å². The fourth-order valence-electron chi connectivity index (χ4n) is 1.58. The lowest BCUT2D eigenvalue weighted by Gasteiger charge is -2.21. The number of hydrogen-bond acceptors (Lipinski definition) is 3. The molecule has 4 heteroatoms. The molecule has 3 nitrogen and oxygen atoms in total. The van der Waals surface area contributed by atoms with Crippen molar-refractivity contribution in [3.05, 3.63) is 30.1 Å². The Morgan fingerprint density at radius 2 is 2.31 bits per heavy atom. The second-order valence-electron chi connectivity index (χ2n) is 3.97. The molecule has 1 aliphatic heterocycles. The minimum Gasteiger partial charge on any atom is -0.362 e. The summed E-state index contributed by atoms with van der Waals surface area (Å²) in [7, 11) is 0. The van der Waals surface area contributed by atoms with Crippen molar-refractivity contribution in [1.82, 2.24) is 10.3 Å². The molecule has 1 unspecified atom stereocenters. The first-order valence-electron chi connectivity index (χ1n) is 5.67. The highest BCUT2D eigenvalue weighted by Crippen LogP contribution is 2.13. The zero-order valence-corrected chi connectivity index (χ0v) is 10.3. The third kappa shape index (κ3) is 3.52. The van der Waals surface area contributed by atoms with E-state index in [0.717, 1.165) is 18.1 Å². The molecule has 1 fully saturated rings. The molecule has 0 radical (unpaired) electrons. The molecule has 0 spiro atoms. The van der Waals surface area contributed by atoms with Crippen LogP contribution in [0.5, 0.6) is 0 Å². The number of nitrogens with one attached hydrogen (secondary N) is 1. The van der Waals surface area contributed by atoms with Crippen molar-refractivity contribution in [3.63, 3.8) is 0 Å². The SMILES string of the molecule is CC1CCSC(=NCCc2ccncc2)N1. The van der Waals surface area contributed by atoms with Crippen molar-refractivity contribution < 1.29 is 0 Å². The molecular formula is C12H17N3S. The summed E-state index contributed by atoms with van der Waals surface area (Å²) in [5.41, 5.74) is 1.30. The molecule has 0 aliphatic carbocycles. The van der Waals surface area contributed by atoms with Crippen molar-refractivity contribution in [2.24, 2.45) is 4.99 Å². The van der Waals surface area contributed by atoms with E-state index in [1.165, 1.54) is 17.7 Å². The zero-order valence-electron chi connectivity index (χ0n) is 9.52. The fourth-order valence-corrected chi connectivity index (χ4v) is 2.72. The number of thioether (sulfide) groups is 1. The molecule has 0 amide bonds. The Hall–Kier alpha value is -1.03.